The first-order valence-corrected chi connectivity index (χ1v) is 8.00. The van der Waals surface area contributed by atoms with Gasteiger partial charge in [0.15, 0.2) is 0 Å². The van der Waals surface area contributed by atoms with Crippen LogP contribution in [-0.2, 0) is 13.0 Å². The Hall–Kier alpha value is -3.40. The minimum atomic E-state index is -0.482. The summed E-state index contributed by atoms with van der Waals surface area (Å²) in [5, 5.41) is 23.1. The topological polar surface area (TPSA) is 96.8 Å². The maximum absolute atomic E-state index is 11.2. The molecule has 1 N–H and O–H groups in total. The zero-order valence-corrected chi connectivity index (χ0v) is 13.8. The van der Waals surface area contributed by atoms with Crippen molar-refractivity contribution >= 4 is 22.4 Å². The summed E-state index contributed by atoms with van der Waals surface area (Å²) in [7, 11) is 0. The van der Waals surface area contributed by atoms with E-state index < -0.39 is 4.92 Å². The molecule has 0 spiro atoms. The first kappa shape index (κ1) is 16.5. The Morgan fingerprint density at radius 3 is 2.84 bits per heavy atom. The molecule has 25 heavy (non-hydrogen) atoms. The molecule has 3 aromatic rings. The number of hydrogen-bond acceptors (Lipinski definition) is 5. The van der Waals surface area contributed by atoms with Gasteiger partial charge in [0.2, 0.25) is 0 Å². The van der Waals surface area contributed by atoms with Gasteiger partial charge >= 0.3 is 0 Å². The van der Waals surface area contributed by atoms with Crippen molar-refractivity contribution in [2.24, 2.45) is 0 Å². The van der Waals surface area contributed by atoms with Crippen molar-refractivity contribution in [1.29, 1.82) is 5.26 Å². The molecule has 0 aliphatic carbocycles. The van der Waals surface area contributed by atoms with Crippen LogP contribution in [-0.4, -0.2) is 21.0 Å². The first-order valence-electron chi connectivity index (χ1n) is 8.00. The zero-order valence-electron chi connectivity index (χ0n) is 13.8. The fourth-order valence-corrected chi connectivity index (χ4v) is 2.88. The summed E-state index contributed by atoms with van der Waals surface area (Å²) < 4.78 is 2.14. The fraction of sp³-hybridized carbons (Fsp3) is 0.222. The first-order chi connectivity index (χ1) is 12.1. The lowest BCUT2D eigenvalue weighted by Crippen LogP contribution is -2.11. The van der Waals surface area contributed by atoms with Crippen LogP contribution in [0, 0.1) is 21.4 Å². The van der Waals surface area contributed by atoms with Crippen LogP contribution in [0.15, 0.2) is 42.5 Å². The van der Waals surface area contributed by atoms with Gasteiger partial charge in [-0.25, -0.2) is 4.98 Å². The quantitative estimate of drug-likeness (QED) is 0.549. The van der Waals surface area contributed by atoms with E-state index in [0.29, 0.717) is 18.7 Å². The molecule has 7 nitrogen and oxygen atoms in total. The maximum atomic E-state index is 11.2. The number of rotatable bonds is 6. The molecule has 7 heteroatoms. The van der Waals surface area contributed by atoms with Crippen LogP contribution in [0.1, 0.15) is 18.3 Å². The zero-order chi connectivity index (χ0) is 17.8. The summed E-state index contributed by atoms with van der Waals surface area (Å²) in [4.78, 5) is 15.3. The highest BCUT2D eigenvalue weighted by molar-refractivity contribution is 5.75. The number of nitriles is 1. The van der Waals surface area contributed by atoms with Gasteiger partial charge in [0, 0.05) is 25.6 Å². The molecule has 126 valence electrons. The Morgan fingerprint density at radius 2 is 2.12 bits per heavy atom. The number of aromatic nitrogens is 2. The number of nitrogens with zero attached hydrogens (tertiary/aromatic N) is 4. The molecule has 0 bridgehead atoms. The van der Waals surface area contributed by atoms with E-state index in [1.807, 2.05) is 30.3 Å². The molecular formula is C18H17N5O2. The Kier molecular flexibility index (Phi) is 4.61. The molecule has 0 unspecified atom stereocenters. The van der Waals surface area contributed by atoms with Crippen molar-refractivity contribution in [2.45, 2.75) is 19.9 Å². The van der Waals surface area contributed by atoms with E-state index in [0.717, 1.165) is 23.4 Å². The highest BCUT2D eigenvalue weighted by atomic mass is 16.6. The third kappa shape index (κ3) is 3.28. The lowest BCUT2D eigenvalue weighted by molar-refractivity contribution is -0.384. The van der Waals surface area contributed by atoms with Gasteiger partial charge in [0.05, 0.1) is 27.6 Å². The number of hydrogen-bond donors (Lipinski definition) is 1. The molecule has 0 amide bonds. The van der Waals surface area contributed by atoms with E-state index in [2.05, 4.69) is 21.8 Å². The minimum absolute atomic E-state index is 0.0944. The summed E-state index contributed by atoms with van der Waals surface area (Å²) in [6.45, 7) is 3.39. The molecule has 1 aromatic heterocycles. The van der Waals surface area contributed by atoms with Crippen LogP contribution in [0.5, 0.6) is 0 Å². The second-order valence-corrected chi connectivity index (χ2v) is 5.54. The molecule has 0 radical (unpaired) electrons. The predicted octanol–water partition coefficient (Wildman–Crippen LogP) is 3.49. The minimum Gasteiger partial charge on any atom is -0.379 e. The molecular weight excluding hydrogens is 318 g/mol. The molecule has 0 saturated carbocycles. The monoisotopic (exact) mass is 335 g/mol. The van der Waals surface area contributed by atoms with Crippen LogP contribution >= 0.6 is 0 Å². The van der Waals surface area contributed by atoms with Crippen LogP contribution in [0.25, 0.3) is 11.0 Å². The third-order valence-corrected chi connectivity index (χ3v) is 4.04. The molecule has 0 saturated heterocycles. The SMILES string of the molecule is CCn1c(CCNc2ccc(C#N)cc2[N+](=O)[O-])nc2ccccc21. The largest absolute Gasteiger partial charge is 0.379 e. The van der Waals surface area contributed by atoms with Gasteiger partial charge in [-0.1, -0.05) is 12.1 Å². The number of nitro groups is 1. The summed E-state index contributed by atoms with van der Waals surface area (Å²) >= 11 is 0. The molecule has 2 aromatic carbocycles. The highest BCUT2D eigenvalue weighted by Gasteiger charge is 2.15. The van der Waals surface area contributed by atoms with Gasteiger partial charge in [0.25, 0.3) is 5.69 Å². The number of imidazole rings is 1. The van der Waals surface area contributed by atoms with E-state index in [1.165, 1.54) is 6.07 Å². The average Bonchev–Trinajstić information content (AvgIpc) is 2.99. The van der Waals surface area contributed by atoms with Crippen molar-refractivity contribution in [1.82, 2.24) is 9.55 Å². The lowest BCUT2D eigenvalue weighted by atomic mass is 10.2. The summed E-state index contributed by atoms with van der Waals surface area (Å²) in [5.41, 5.74) is 2.62. The number of aryl methyl sites for hydroxylation is 1. The Labute approximate surface area is 144 Å². The molecule has 0 fully saturated rings. The lowest BCUT2D eigenvalue weighted by Gasteiger charge is -2.09. The van der Waals surface area contributed by atoms with E-state index in [4.69, 9.17) is 5.26 Å². The van der Waals surface area contributed by atoms with Gasteiger partial charge in [-0.15, -0.1) is 0 Å². The van der Waals surface area contributed by atoms with Crippen molar-refractivity contribution in [3.05, 3.63) is 64.0 Å². The van der Waals surface area contributed by atoms with Gasteiger partial charge in [-0.2, -0.15) is 5.26 Å². The number of nitrogens with one attached hydrogen (secondary N) is 1. The van der Waals surface area contributed by atoms with Crippen molar-refractivity contribution in [2.75, 3.05) is 11.9 Å². The second kappa shape index (κ2) is 7.01. The highest BCUT2D eigenvalue weighted by Crippen LogP contribution is 2.25. The van der Waals surface area contributed by atoms with Gasteiger partial charge < -0.3 is 9.88 Å². The Morgan fingerprint density at radius 1 is 1.32 bits per heavy atom. The van der Waals surface area contributed by atoms with E-state index >= 15 is 0 Å². The normalized spacial score (nSPS) is 10.6. The Balaban J connectivity index is 1.78. The Bertz CT molecular complexity index is 971. The van der Waals surface area contributed by atoms with Crippen LogP contribution < -0.4 is 5.32 Å². The summed E-state index contributed by atoms with van der Waals surface area (Å²) in [6, 6.07) is 14.3. The standard InChI is InChI=1S/C18H17N5O2/c1-2-22-16-6-4-3-5-15(16)21-18(22)9-10-20-14-8-7-13(12-19)11-17(14)23(24)25/h3-8,11,20H,2,9-10H2,1H3. The number of fused-ring (bicyclic) bond motifs is 1. The molecule has 0 aliphatic heterocycles. The fourth-order valence-electron chi connectivity index (χ4n) is 2.88. The van der Waals surface area contributed by atoms with E-state index in [1.54, 1.807) is 12.1 Å². The third-order valence-electron chi connectivity index (χ3n) is 4.04. The van der Waals surface area contributed by atoms with Crippen LogP contribution in [0.2, 0.25) is 0 Å². The van der Waals surface area contributed by atoms with E-state index in [9.17, 15) is 10.1 Å². The molecule has 0 atom stereocenters. The average molecular weight is 335 g/mol. The molecule has 0 aliphatic rings. The number of benzene rings is 2. The summed E-state index contributed by atoms with van der Waals surface area (Å²) in [5.74, 6) is 0.937. The number of anilines is 1. The maximum Gasteiger partial charge on any atom is 0.293 e. The molecule has 1 heterocycles. The van der Waals surface area contributed by atoms with Gasteiger partial charge in [-0.05, 0) is 31.2 Å². The van der Waals surface area contributed by atoms with Crippen molar-refractivity contribution in [3.8, 4) is 6.07 Å². The second-order valence-electron chi connectivity index (χ2n) is 5.54. The smallest absolute Gasteiger partial charge is 0.293 e. The van der Waals surface area contributed by atoms with Gasteiger partial charge in [0.1, 0.15) is 11.5 Å². The van der Waals surface area contributed by atoms with E-state index in [-0.39, 0.29) is 11.3 Å². The van der Waals surface area contributed by atoms with Crippen molar-refractivity contribution < 1.29 is 4.92 Å². The van der Waals surface area contributed by atoms with Crippen LogP contribution in [0.4, 0.5) is 11.4 Å². The molecule has 3 rings (SSSR count). The number of nitro benzene ring substituents is 1. The predicted molar refractivity (Wildman–Crippen MR) is 95.4 cm³/mol. The summed E-state index contributed by atoms with van der Waals surface area (Å²) in [6.07, 6.45) is 0.639. The van der Waals surface area contributed by atoms with Gasteiger partial charge in [-0.3, -0.25) is 10.1 Å². The number of para-hydroxylation sites is 2. The van der Waals surface area contributed by atoms with Crippen LogP contribution in [0.3, 0.4) is 0 Å². The van der Waals surface area contributed by atoms with Crippen molar-refractivity contribution in [3.63, 3.8) is 0 Å².